The maximum absolute atomic E-state index is 5.79. The summed E-state index contributed by atoms with van der Waals surface area (Å²) in [5, 5.41) is 15.6. The summed E-state index contributed by atoms with van der Waals surface area (Å²) >= 11 is 4.89. The van der Waals surface area contributed by atoms with E-state index in [4.69, 9.17) is 4.74 Å². The van der Waals surface area contributed by atoms with E-state index < -0.39 is 0 Å². The predicted molar refractivity (Wildman–Crippen MR) is 110 cm³/mol. The van der Waals surface area contributed by atoms with Crippen molar-refractivity contribution in [2.75, 3.05) is 11.9 Å². The van der Waals surface area contributed by atoms with Crippen LogP contribution in [0.5, 0.6) is 5.75 Å². The van der Waals surface area contributed by atoms with E-state index in [0.29, 0.717) is 12.5 Å². The maximum Gasteiger partial charge on any atom is 0.206 e. The minimum atomic E-state index is 0.500. The van der Waals surface area contributed by atoms with E-state index in [1.807, 2.05) is 24.3 Å². The van der Waals surface area contributed by atoms with E-state index in [1.54, 1.807) is 34.4 Å². The van der Waals surface area contributed by atoms with Crippen LogP contribution in [0.4, 0.5) is 5.13 Å². The first-order valence-corrected chi connectivity index (χ1v) is 11.1. The van der Waals surface area contributed by atoms with Gasteiger partial charge in [-0.3, -0.25) is 0 Å². The van der Waals surface area contributed by atoms with Crippen LogP contribution in [0.15, 0.2) is 34.0 Å². The van der Waals surface area contributed by atoms with Crippen molar-refractivity contribution < 1.29 is 4.74 Å². The Hall–Kier alpha value is -1.64. The van der Waals surface area contributed by atoms with Crippen molar-refractivity contribution in [3.63, 3.8) is 0 Å². The van der Waals surface area contributed by atoms with Crippen LogP contribution in [-0.2, 0) is 12.4 Å². The number of hydrogen-bond donors (Lipinski definition) is 1. The summed E-state index contributed by atoms with van der Waals surface area (Å²) in [6, 6.07) is 8.07. The van der Waals surface area contributed by atoms with Crippen molar-refractivity contribution in [1.82, 2.24) is 15.2 Å². The van der Waals surface area contributed by atoms with Crippen LogP contribution in [0.1, 0.15) is 30.1 Å². The number of benzene rings is 1. The van der Waals surface area contributed by atoms with Gasteiger partial charge in [-0.1, -0.05) is 54.6 Å². The number of aryl methyl sites for hydroxylation is 1. The number of rotatable bonds is 9. The van der Waals surface area contributed by atoms with Gasteiger partial charge in [0.2, 0.25) is 5.13 Å². The lowest BCUT2D eigenvalue weighted by Gasteiger charge is -2.03. The topological polar surface area (TPSA) is 59.9 Å². The number of hydrogen-bond acceptors (Lipinski definition) is 8. The van der Waals surface area contributed by atoms with Crippen LogP contribution in [0.2, 0.25) is 0 Å². The van der Waals surface area contributed by atoms with Crippen molar-refractivity contribution in [1.29, 1.82) is 0 Å². The molecule has 5 nitrogen and oxygen atoms in total. The van der Waals surface area contributed by atoms with Gasteiger partial charge in [-0.25, -0.2) is 4.98 Å². The van der Waals surface area contributed by atoms with Crippen molar-refractivity contribution >= 4 is 39.6 Å². The molecule has 2 aromatic heterocycles. The molecule has 2 heterocycles. The molecule has 0 atom stereocenters. The zero-order valence-corrected chi connectivity index (χ0v) is 17.5. The zero-order valence-electron chi connectivity index (χ0n) is 15.1. The third-order valence-corrected chi connectivity index (χ3v) is 6.31. The summed E-state index contributed by atoms with van der Waals surface area (Å²) in [6.07, 6.45) is 0. The highest BCUT2D eigenvalue weighted by Gasteiger charge is 2.08. The Morgan fingerprint density at radius 2 is 2.00 bits per heavy atom. The zero-order chi connectivity index (χ0) is 18.4. The lowest BCUT2D eigenvalue weighted by Crippen LogP contribution is -2.07. The van der Waals surface area contributed by atoms with Gasteiger partial charge in [-0.2, -0.15) is 0 Å². The highest BCUT2D eigenvalue weighted by atomic mass is 32.2. The number of thiazole rings is 1. The molecule has 0 saturated carbocycles. The average molecular weight is 407 g/mol. The van der Waals surface area contributed by atoms with E-state index in [9.17, 15) is 0 Å². The summed E-state index contributed by atoms with van der Waals surface area (Å²) in [6.45, 7) is 7.82. The first-order valence-electron chi connectivity index (χ1n) is 8.41. The van der Waals surface area contributed by atoms with Gasteiger partial charge < -0.3 is 10.1 Å². The third kappa shape index (κ3) is 5.96. The smallest absolute Gasteiger partial charge is 0.206 e. The second-order valence-electron chi connectivity index (χ2n) is 6.27. The summed E-state index contributed by atoms with van der Waals surface area (Å²) in [7, 11) is 0. The highest BCUT2D eigenvalue weighted by molar-refractivity contribution is 8.00. The second kappa shape index (κ2) is 9.34. The van der Waals surface area contributed by atoms with Gasteiger partial charge in [-0.05, 0) is 25.0 Å². The Balaban J connectivity index is 1.45. The molecule has 8 heteroatoms. The Kier molecular flexibility index (Phi) is 6.87. The van der Waals surface area contributed by atoms with Gasteiger partial charge in [0.25, 0.3) is 0 Å². The number of anilines is 1. The molecule has 0 spiro atoms. The Morgan fingerprint density at radius 1 is 1.19 bits per heavy atom. The SMILES string of the molecule is Cc1ccc(OCc2nc(CSc3nnc(NCC(C)C)s3)cs2)cc1. The van der Waals surface area contributed by atoms with Gasteiger partial charge in [0.05, 0.1) is 5.69 Å². The highest BCUT2D eigenvalue weighted by Crippen LogP contribution is 2.29. The molecular weight excluding hydrogens is 384 g/mol. The molecule has 0 radical (unpaired) electrons. The molecule has 26 heavy (non-hydrogen) atoms. The van der Waals surface area contributed by atoms with Gasteiger partial charge in [-0.15, -0.1) is 21.5 Å². The van der Waals surface area contributed by atoms with Gasteiger partial charge in [0, 0.05) is 17.7 Å². The van der Waals surface area contributed by atoms with E-state index in [2.05, 4.69) is 46.6 Å². The normalized spacial score (nSPS) is 11.1. The molecule has 0 bridgehead atoms. The van der Waals surface area contributed by atoms with Crippen LogP contribution >= 0.6 is 34.4 Å². The van der Waals surface area contributed by atoms with Gasteiger partial charge >= 0.3 is 0 Å². The molecule has 1 N–H and O–H groups in total. The second-order valence-corrected chi connectivity index (χ2v) is 9.41. The molecule has 0 aliphatic rings. The molecule has 0 aliphatic carbocycles. The van der Waals surface area contributed by atoms with Gasteiger partial charge in [0.1, 0.15) is 17.4 Å². The molecule has 0 unspecified atom stereocenters. The number of nitrogens with one attached hydrogen (secondary N) is 1. The molecular formula is C18H22N4OS3. The maximum atomic E-state index is 5.79. The predicted octanol–water partition coefficient (Wildman–Crippen LogP) is 5.24. The minimum Gasteiger partial charge on any atom is -0.486 e. The lowest BCUT2D eigenvalue weighted by atomic mass is 10.2. The van der Waals surface area contributed by atoms with E-state index in [0.717, 1.165) is 38.2 Å². The summed E-state index contributed by atoms with van der Waals surface area (Å²) in [4.78, 5) is 4.64. The number of nitrogens with zero attached hydrogens (tertiary/aromatic N) is 3. The standard InChI is InChI=1S/C18H22N4OS3/c1-12(2)8-19-17-21-22-18(26-17)25-11-14-10-24-16(20-14)9-23-15-6-4-13(3)5-7-15/h4-7,10,12H,8-9,11H2,1-3H3,(H,19,21). The summed E-state index contributed by atoms with van der Waals surface area (Å²) < 4.78 is 6.75. The first kappa shape index (κ1) is 19.1. The van der Waals surface area contributed by atoms with Crippen LogP contribution in [0.25, 0.3) is 0 Å². The fraction of sp³-hybridized carbons (Fsp3) is 0.389. The molecule has 3 rings (SSSR count). The minimum absolute atomic E-state index is 0.500. The van der Waals surface area contributed by atoms with E-state index >= 15 is 0 Å². The summed E-state index contributed by atoms with van der Waals surface area (Å²) in [5.74, 6) is 2.25. The Bertz CT molecular complexity index is 814. The van der Waals surface area contributed by atoms with Crippen molar-refractivity contribution in [2.24, 2.45) is 5.92 Å². The first-order chi connectivity index (χ1) is 12.6. The molecule has 3 aromatic rings. The molecule has 138 valence electrons. The monoisotopic (exact) mass is 406 g/mol. The molecule has 0 fully saturated rings. The van der Waals surface area contributed by atoms with Crippen LogP contribution in [0, 0.1) is 12.8 Å². The Morgan fingerprint density at radius 3 is 2.77 bits per heavy atom. The van der Waals surface area contributed by atoms with Crippen molar-refractivity contribution in [2.45, 2.75) is 37.5 Å². The summed E-state index contributed by atoms with van der Waals surface area (Å²) in [5.41, 5.74) is 2.28. The van der Waals surface area contributed by atoms with E-state index in [1.165, 1.54) is 5.56 Å². The van der Waals surface area contributed by atoms with Crippen molar-refractivity contribution in [3.05, 3.63) is 45.9 Å². The number of thioether (sulfide) groups is 1. The largest absolute Gasteiger partial charge is 0.486 e. The fourth-order valence-electron chi connectivity index (χ4n) is 2.03. The third-order valence-electron chi connectivity index (χ3n) is 3.39. The Labute approximate surface area is 166 Å². The van der Waals surface area contributed by atoms with Crippen molar-refractivity contribution in [3.8, 4) is 5.75 Å². The number of ether oxygens (including phenoxy) is 1. The van der Waals surface area contributed by atoms with Gasteiger partial charge in [0.15, 0.2) is 4.34 Å². The molecule has 0 aliphatic heterocycles. The average Bonchev–Trinajstić information content (AvgIpc) is 3.27. The van der Waals surface area contributed by atoms with Crippen LogP contribution in [0.3, 0.4) is 0 Å². The van der Waals surface area contributed by atoms with Crippen LogP contribution < -0.4 is 10.1 Å². The van der Waals surface area contributed by atoms with E-state index in [-0.39, 0.29) is 0 Å². The molecule has 0 saturated heterocycles. The van der Waals surface area contributed by atoms with Crippen LogP contribution in [-0.4, -0.2) is 21.7 Å². The fourth-order valence-corrected chi connectivity index (χ4v) is 4.49. The molecule has 0 amide bonds. The lowest BCUT2D eigenvalue weighted by molar-refractivity contribution is 0.305. The number of aromatic nitrogens is 3. The quantitative estimate of drug-likeness (QED) is 0.490. The molecule has 1 aromatic carbocycles.